The monoisotopic (exact) mass is 218 g/mol. The molecule has 0 amide bonds. The molecule has 0 aromatic rings. The molecular formula is C11H22O4. The first-order valence-corrected chi connectivity index (χ1v) is 5.68. The summed E-state index contributed by atoms with van der Waals surface area (Å²) in [5.41, 5.74) is 0. The number of hydrogen-bond donors (Lipinski definition) is 2. The zero-order valence-corrected chi connectivity index (χ0v) is 9.66. The van der Waals surface area contributed by atoms with E-state index in [9.17, 15) is 4.79 Å². The van der Waals surface area contributed by atoms with Crippen LogP contribution in [0, 0.1) is 0 Å². The number of aliphatic hydroxyl groups is 2. The molecule has 15 heavy (non-hydrogen) atoms. The minimum Gasteiger partial charge on any atom is -0.408 e. The first-order chi connectivity index (χ1) is 7.02. The highest BCUT2D eigenvalue weighted by Crippen LogP contribution is 2.11. The van der Waals surface area contributed by atoms with Crippen molar-refractivity contribution in [2.75, 3.05) is 0 Å². The zero-order chi connectivity index (χ0) is 11.7. The second-order valence-electron chi connectivity index (χ2n) is 3.73. The summed E-state index contributed by atoms with van der Waals surface area (Å²) in [5.74, 6) is -2.83. The Morgan fingerprint density at radius 2 is 1.73 bits per heavy atom. The molecule has 0 saturated carbocycles. The molecule has 0 bridgehead atoms. The molecule has 0 aliphatic rings. The maximum atomic E-state index is 11.1. The molecular weight excluding hydrogens is 196 g/mol. The lowest BCUT2D eigenvalue weighted by Crippen LogP contribution is -2.33. The molecule has 0 saturated heterocycles. The van der Waals surface area contributed by atoms with E-state index in [-0.39, 0.29) is 12.8 Å². The fourth-order valence-electron chi connectivity index (χ4n) is 1.18. The number of carbonyl (C=O) groups is 1. The summed E-state index contributed by atoms with van der Waals surface area (Å²) in [6, 6.07) is 0. The van der Waals surface area contributed by atoms with Crippen LogP contribution >= 0.6 is 0 Å². The van der Waals surface area contributed by atoms with E-state index in [1.807, 2.05) is 0 Å². The summed E-state index contributed by atoms with van der Waals surface area (Å²) < 4.78 is 4.47. The Morgan fingerprint density at radius 1 is 1.13 bits per heavy atom. The van der Waals surface area contributed by atoms with E-state index >= 15 is 0 Å². The van der Waals surface area contributed by atoms with Crippen LogP contribution in [0.15, 0.2) is 0 Å². The minimum atomic E-state index is -2.29. The van der Waals surface area contributed by atoms with Crippen molar-refractivity contribution in [2.45, 2.75) is 64.8 Å². The lowest BCUT2D eigenvalue weighted by molar-refractivity contribution is -0.319. The van der Waals surface area contributed by atoms with Crippen LogP contribution in [-0.2, 0) is 9.53 Å². The molecule has 0 radical (unpaired) electrons. The third-order valence-electron chi connectivity index (χ3n) is 2.22. The van der Waals surface area contributed by atoms with Crippen LogP contribution in [0.4, 0.5) is 0 Å². The standard InChI is InChI=1S/C11H22O4/c1-3-5-6-7-8-9-10(12)15-11(13,14)4-2/h13-14H,3-9H2,1-2H3. The van der Waals surface area contributed by atoms with Gasteiger partial charge in [0, 0.05) is 12.8 Å². The van der Waals surface area contributed by atoms with Gasteiger partial charge < -0.3 is 14.9 Å². The molecule has 0 aromatic carbocycles. The van der Waals surface area contributed by atoms with Crippen LogP contribution in [-0.4, -0.2) is 22.2 Å². The molecule has 0 aromatic heterocycles. The first kappa shape index (κ1) is 14.4. The van der Waals surface area contributed by atoms with Crippen LogP contribution in [0.3, 0.4) is 0 Å². The molecule has 0 fully saturated rings. The Kier molecular flexibility index (Phi) is 7.34. The average molecular weight is 218 g/mol. The Bertz CT molecular complexity index is 177. The molecule has 0 rings (SSSR count). The molecule has 4 heteroatoms. The summed E-state index contributed by atoms with van der Waals surface area (Å²) in [6.07, 6.45) is 5.42. The van der Waals surface area contributed by atoms with Crippen LogP contribution in [0.2, 0.25) is 0 Å². The number of esters is 1. The van der Waals surface area contributed by atoms with Gasteiger partial charge in [0.2, 0.25) is 0 Å². The van der Waals surface area contributed by atoms with Crippen molar-refractivity contribution < 1.29 is 19.7 Å². The van der Waals surface area contributed by atoms with Crippen molar-refractivity contribution in [3.63, 3.8) is 0 Å². The highest BCUT2D eigenvalue weighted by Gasteiger charge is 2.25. The van der Waals surface area contributed by atoms with Gasteiger partial charge in [-0.25, -0.2) is 0 Å². The topological polar surface area (TPSA) is 66.8 Å². The van der Waals surface area contributed by atoms with Crippen molar-refractivity contribution in [2.24, 2.45) is 0 Å². The third kappa shape index (κ3) is 8.39. The van der Waals surface area contributed by atoms with Gasteiger partial charge in [0.1, 0.15) is 0 Å². The van der Waals surface area contributed by atoms with Gasteiger partial charge in [-0.1, -0.05) is 39.5 Å². The van der Waals surface area contributed by atoms with E-state index in [1.165, 1.54) is 13.3 Å². The highest BCUT2D eigenvalue weighted by molar-refractivity contribution is 5.69. The molecule has 4 nitrogen and oxygen atoms in total. The van der Waals surface area contributed by atoms with Gasteiger partial charge in [0.25, 0.3) is 0 Å². The van der Waals surface area contributed by atoms with Crippen LogP contribution < -0.4 is 0 Å². The number of hydrogen-bond acceptors (Lipinski definition) is 4. The van der Waals surface area contributed by atoms with Crippen LogP contribution in [0.25, 0.3) is 0 Å². The van der Waals surface area contributed by atoms with Gasteiger partial charge in [-0.05, 0) is 6.42 Å². The average Bonchev–Trinajstić information content (AvgIpc) is 2.17. The predicted molar refractivity (Wildman–Crippen MR) is 56.9 cm³/mol. The number of carbonyl (C=O) groups excluding carboxylic acids is 1. The Morgan fingerprint density at radius 3 is 2.27 bits per heavy atom. The zero-order valence-electron chi connectivity index (χ0n) is 9.66. The Labute approximate surface area is 91.3 Å². The summed E-state index contributed by atoms with van der Waals surface area (Å²) in [6.45, 7) is 3.66. The maximum absolute atomic E-state index is 11.1. The number of rotatable bonds is 8. The van der Waals surface area contributed by atoms with Gasteiger partial charge >= 0.3 is 11.9 Å². The van der Waals surface area contributed by atoms with Gasteiger partial charge in [-0.15, -0.1) is 0 Å². The summed E-state index contributed by atoms with van der Waals surface area (Å²) in [7, 11) is 0. The molecule has 2 N–H and O–H groups in total. The van der Waals surface area contributed by atoms with Crippen LogP contribution in [0.1, 0.15) is 58.8 Å². The molecule has 0 unspecified atom stereocenters. The smallest absolute Gasteiger partial charge is 0.323 e. The van der Waals surface area contributed by atoms with Crippen LogP contribution in [0.5, 0.6) is 0 Å². The minimum absolute atomic E-state index is 0.0193. The number of ether oxygens (including phenoxy) is 1. The number of unbranched alkanes of at least 4 members (excludes halogenated alkanes) is 4. The Balaban J connectivity index is 3.49. The fourth-order valence-corrected chi connectivity index (χ4v) is 1.18. The molecule has 0 aliphatic carbocycles. The first-order valence-electron chi connectivity index (χ1n) is 5.68. The SMILES string of the molecule is CCCCCCCC(=O)OC(O)(O)CC. The second kappa shape index (κ2) is 7.65. The normalized spacial score (nSPS) is 11.5. The predicted octanol–water partition coefficient (Wildman–Crippen LogP) is 1.94. The van der Waals surface area contributed by atoms with Crippen molar-refractivity contribution >= 4 is 5.97 Å². The summed E-state index contributed by atoms with van der Waals surface area (Å²) in [4.78, 5) is 11.1. The molecule has 0 spiro atoms. The van der Waals surface area contributed by atoms with Gasteiger partial charge in [-0.2, -0.15) is 0 Å². The van der Waals surface area contributed by atoms with E-state index in [1.54, 1.807) is 0 Å². The van der Waals surface area contributed by atoms with E-state index < -0.39 is 11.9 Å². The van der Waals surface area contributed by atoms with E-state index in [0.29, 0.717) is 0 Å². The van der Waals surface area contributed by atoms with Gasteiger partial charge in [0.05, 0.1) is 0 Å². The summed E-state index contributed by atoms with van der Waals surface area (Å²) >= 11 is 0. The molecule has 90 valence electrons. The fraction of sp³-hybridized carbons (Fsp3) is 0.909. The quantitative estimate of drug-likeness (QED) is 0.371. The highest BCUT2D eigenvalue weighted by atomic mass is 16.8. The van der Waals surface area contributed by atoms with Crippen molar-refractivity contribution in [1.82, 2.24) is 0 Å². The summed E-state index contributed by atoms with van der Waals surface area (Å²) in [5, 5.41) is 18.1. The van der Waals surface area contributed by atoms with E-state index in [2.05, 4.69) is 11.7 Å². The van der Waals surface area contributed by atoms with E-state index in [0.717, 1.165) is 25.7 Å². The molecule has 0 heterocycles. The molecule has 0 atom stereocenters. The lowest BCUT2D eigenvalue weighted by Gasteiger charge is -2.19. The van der Waals surface area contributed by atoms with Gasteiger partial charge in [-0.3, -0.25) is 4.79 Å². The second-order valence-corrected chi connectivity index (χ2v) is 3.73. The largest absolute Gasteiger partial charge is 0.408 e. The van der Waals surface area contributed by atoms with Crippen molar-refractivity contribution in [3.05, 3.63) is 0 Å². The Hall–Kier alpha value is -0.610. The van der Waals surface area contributed by atoms with E-state index in [4.69, 9.17) is 10.2 Å². The lowest BCUT2D eigenvalue weighted by atomic mass is 10.1. The van der Waals surface area contributed by atoms with Crippen molar-refractivity contribution in [3.8, 4) is 0 Å². The van der Waals surface area contributed by atoms with Crippen molar-refractivity contribution in [1.29, 1.82) is 0 Å². The molecule has 0 aliphatic heterocycles. The van der Waals surface area contributed by atoms with Gasteiger partial charge in [0.15, 0.2) is 0 Å². The maximum Gasteiger partial charge on any atom is 0.323 e. The third-order valence-corrected chi connectivity index (χ3v) is 2.22.